The summed E-state index contributed by atoms with van der Waals surface area (Å²) in [6.45, 7) is 6.80. The van der Waals surface area contributed by atoms with Crippen LogP contribution in [0.15, 0.2) is 46.6 Å². The molecule has 0 unspecified atom stereocenters. The molecule has 3 heteroatoms. The molecule has 0 aromatic carbocycles. The summed E-state index contributed by atoms with van der Waals surface area (Å²) in [5.74, 6) is 0.00852. The second-order valence-corrected chi connectivity index (χ2v) is 5.26. The van der Waals surface area contributed by atoms with E-state index >= 15 is 0 Å². The quantitative estimate of drug-likeness (QED) is 0.211. The number of hydrogen-bond acceptors (Lipinski definition) is 2. The Kier molecular flexibility index (Phi) is 24.7. The molecule has 2 aliphatic rings. The van der Waals surface area contributed by atoms with Crippen molar-refractivity contribution in [3.05, 3.63) is 76.3 Å². The minimum absolute atomic E-state index is 0. The smallest absolute Gasteiger partial charge is 0.185 e. The molecule has 0 aromatic heterocycles. The molecule has 0 radical (unpaired) electrons. The minimum atomic E-state index is 0. The average Bonchev–Trinajstić information content (AvgIpc) is 2.41. The average molecular weight is 391 g/mol. The Morgan fingerprint density at radius 1 is 0.520 bits per heavy atom. The van der Waals surface area contributed by atoms with Crippen molar-refractivity contribution in [1.29, 1.82) is 0 Å². The van der Waals surface area contributed by atoms with Crippen molar-refractivity contribution in [3.63, 3.8) is 0 Å². The summed E-state index contributed by atoms with van der Waals surface area (Å²) in [4.78, 5) is 22.8. The number of carbonyl (C=O) groups is 2. The van der Waals surface area contributed by atoms with E-state index in [0.29, 0.717) is 22.3 Å². The molecule has 0 amide bonds. The zero-order valence-electron chi connectivity index (χ0n) is 17.3. The predicted molar refractivity (Wildman–Crippen MR) is 109 cm³/mol. The van der Waals surface area contributed by atoms with Crippen LogP contribution in [0.4, 0.5) is 0 Å². The van der Waals surface area contributed by atoms with E-state index < -0.39 is 0 Å². The predicted octanol–water partition coefficient (Wildman–Crippen LogP) is 6.28. The van der Waals surface area contributed by atoms with Crippen molar-refractivity contribution in [2.24, 2.45) is 0 Å². The molecule has 0 N–H and O–H groups in total. The van der Waals surface area contributed by atoms with Crippen molar-refractivity contribution in [2.75, 3.05) is 0 Å². The number of ketones is 2. The van der Waals surface area contributed by atoms with Gasteiger partial charge in [-0.05, 0) is 53.4 Å². The maximum absolute atomic E-state index is 11.4. The van der Waals surface area contributed by atoms with Gasteiger partial charge in [0.1, 0.15) is 0 Å². The van der Waals surface area contributed by atoms with E-state index in [2.05, 4.69) is 24.3 Å². The number of carbonyl (C=O) groups excluding carboxylic acids is 2. The Morgan fingerprint density at radius 2 is 0.680 bits per heavy atom. The Bertz CT molecular complexity index is 432. The summed E-state index contributed by atoms with van der Waals surface area (Å²) in [7, 11) is 0. The first-order valence-electron chi connectivity index (χ1n) is 7.21. The summed E-state index contributed by atoms with van der Waals surface area (Å²) in [6, 6.07) is 0. The van der Waals surface area contributed by atoms with Crippen molar-refractivity contribution in [2.45, 2.75) is 53.4 Å². The Balaban J connectivity index is -0.0000000929. The van der Waals surface area contributed by atoms with E-state index in [9.17, 15) is 9.59 Å². The van der Waals surface area contributed by atoms with Crippen LogP contribution < -0.4 is 0 Å². The number of Topliss-reactive ketones (excluding diaryl/α,β-unsaturated/α-hetero) is 2. The van der Waals surface area contributed by atoms with Crippen LogP contribution in [0.5, 0.6) is 0 Å². The van der Waals surface area contributed by atoms with Gasteiger partial charge in [0.25, 0.3) is 0 Å². The summed E-state index contributed by atoms with van der Waals surface area (Å²) >= 11 is 0. The van der Waals surface area contributed by atoms with Crippen LogP contribution in [-0.4, -0.2) is 11.6 Å². The second-order valence-electron chi connectivity index (χ2n) is 5.26. The Hall–Kier alpha value is -1.21. The van der Waals surface area contributed by atoms with Gasteiger partial charge < -0.3 is 29.7 Å². The molecule has 0 atom stereocenters. The monoisotopic (exact) mass is 390 g/mol. The second kappa shape index (κ2) is 17.6. The number of rotatable bonds is 0. The fraction of sp³-hybridized carbons (Fsp3) is 0.364. The van der Waals surface area contributed by atoms with Gasteiger partial charge in [-0.3, -0.25) is 9.59 Å². The molecule has 0 aromatic rings. The third-order valence-corrected chi connectivity index (χ3v) is 3.82. The molecule has 0 spiro atoms. The standard InChI is InChI=1S/C10H12O2.C8H12.4CH3.Ni/c1-5-6(2)10(12)8(4)7(3)9(5)11;1-2-4-6-8-7-5-3-1;;;;;/h1-4H3;1-2,7-8H,3-6H2;4*1H3;/q;;4*-1;/b;2-1-,8-7-;;;;;. The topological polar surface area (TPSA) is 34.1 Å². The van der Waals surface area contributed by atoms with Gasteiger partial charge in [0.2, 0.25) is 0 Å². The van der Waals surface area contributed by atoms with E-state index in [1.165, 1.54) is 25.7 Å². The van der Waals surface area contributed by atoms with E-state index in [1.54, 1.807) is 27.7 Å². The van der Waals surface area contributed by atoms with Crippen molar-refractivity contribution in [3.8, 4) is 0 Å². The molecule has 0 saturated carbocycles. The molecule has 25 heavy (non-hydrogen) atoms. The summed E-state index contributed by atoms with van der Waals surface area (Å²) in [5, 5.41) is 0. The molecular weight excluding hydrogens is 355 g/mol. The van der Waals surface area contributed by atoms with E-state index in [4.69, 9.17) is 0 Å². The largest absolute Gasteiger partial charge is 0.358 e. The van der Waals surface area contributed by atoms with E-state index in [-0.39, 0.29) is 57.8 Å². The van der Waals surface area contributed by atoms with Crippen molar-refractivity contribution < 1.29 is 26.1 Å². The Labute approximate surface area is 167 Å². The molecule has 0 fully saturated rings. The molecule has 2 nitrogen and oxygen atoms in total. The maximum atomic E-state index is 11.4. The van der Waals surface area contributed by atoms with Crippen LogP contribution in [0.2, 0.25) is 0 Å². The molecular formula is C22H36NiO2-4. The van der Waals surface area contributed by atoms with Gasteiger partial charge in [-0.25, -0.2) is 0 Å². The molecule has 150 valence electrons. The fourth-order valence-electron chi connectivity index (χ4n) is 2.10. The molecule has 0 bridgehead atoms. The van der Waals surface area contributed by atoms with Gasteiger partial charge in [0.15, 0.2) is 11.6 Å². The van der Waals surface area contributed by atoms with Crippen LogP contribution in [0.1, 0.15) is 53.4 Å². The summed E-state index contributed by atoms with van der Waals surface area (Å²) in [6.07, 6.45) is 14.0. The number of hydrogen-bond donors (Lipinski definition) is 0. The third kappa shape index (κ3) is 10.4. The SMILES string of the molecule is C1=C\CC/C=C\CC/1.CC1=C(C)C(=O)C(C)=C(C)C1=O.[CH3-].[CH3-].[CH3-].[CH3-].[Ni]. The first-order chi connectivity index (χ1) is 9.46. The van der Waals surface area contributed by atoms with Crippen LogP contribution in [0.25, 0.3) is 0 Å². The third-order valence-electron chi connectivity index (χ3n) is 3.82. The fourth-order valence-corrected chi connectivity index (χ4v) is 2.10. The van der Waals surface area contributed by atoms with Crippen LogP contribution in [-0.2, 0) is 26.1 Å². The number of allylic oxidation sites excluding steroid dienone is 8. The van der Waals surface area contributed by atoms with Gasteiger partial charge in [-0.2, -0.15) is 0 Å². The molecule has 0 aliphatic heterocycles. The minimum Gasteiger partial charge on any atom is -0.358 e. The molecule has 0 saturated heterocycles. The van der Waals surface area contributed by atoms with Crippen LogP contribution in [0.3, 0.4) is 0 Å². The zero-order valence-corrected chi connectivity index (χ0v) is 18.3. The normalized spacial score (nSPS) is 18.2. The molecule has 2 rings (SSSR count). The van der Waals surface area contributed by atoms with Gasteiger partial charge in [-0.15, -0.1) is 0 Å². The summed E-state index contributed by atoms with van der Waals surface area (Å²) in [5.41, 5.74) is 2.34. The van der Waals surface area contributed by atoms with Crippen LogP contribution >= 0.6 is 0 Å². The molecule has 0 heterocycles. The Morgan fingerprint density at radius 3 is 0.840 bits per heavy atom. The molecule has 2 aliphatic carbocycles. The van der Waals surface area contributed by atoms with E-state index in [1.807, 2.05) is 0 Å². The van der Waals surface area contributed by atoms with Gasteiger partial charge in [0, 0.05) is 38.8 Å². The van der Waals surface area contributed by atoms with E-state index in [0.717, 1.165) is 0 Å². The van der Waals surface area contributed by atoms with Gasteiger partial charge >= 0.3 is 0 Å². The van der Waals surface area contributed by atoms with Gasteiger partial charge in [0.05, 0.1) is 0 Å². The maximum Gasteiger partial charge on any atom is 0.185 e. The first kappa shape index (κ1) is 35.0. The summed E-state index contributed by atoms with van der Waals surface area (Å²) < 4.78 is 0. The van der Waals surface area contributed by atoms with Crippen LogP contribution in [0, 0.1) is 29.7 Å². The van der Waals surface area contributed by atoms with Gasteiger partial charge in [-0.1, -0.05) is 24.3 Å². The van der Waals surface area contributed by atoms with Crippen molar-refractivity contribution >= 4 is 11.6 Å². The first-order valence-corrected chi connectivity index (χ1v) is 7.21. The zero-order chi connectivity index (χ0) is 15.1. The van der Waals surface area contributed by atoms with Crippen molar-refractivity contribution in [1.82, 2.24) is 0 Å².